The van der Waals surface area contributed by atoms with Gasteiger partial charge >= 0.3 is 0 Å². The van der Waals surface area contributed by atoms with Gasteiger partial charge in [0.25, 0.3) is 5.91 Å². The lowest BCUT2D eigenvalue weighted by atomic mass is 10.0. The number of hydrogen-bond donors (Lipinski definition) is 2. The number of nitrogens with one attached hydrogen (secondary N) is 1. The lowest BCUT2D eigenvalue weighted by molar-refractivity contribution is -0.110. The number of hydrogen-bond acceptors (Lipinski definition) is 3. The van der Waals surface area contributed by atoms with E-state index in [0.29, 0.717) is 11.1 Å². The summed E-state index contributed by atoms with van der Waals surface area (Å²) in [4.78, 5) is 12.3. The predicted octanol–water partition coefficient (Wildman–Crippen LogP) is 5.07. The first-order valence-electron chi connectivity index (χ1n) is 6.49. The molecule has 0 aromatic heterocycles. The highest BCUT2D eigenvalue weighted by Crippen LogP contribution is 2.41. The number of ether oxygens (including phenoxy) is 1. The number of amides is 1. The van der Waals surface area contributed by atoms with Crippen LogP contribution in [0.15, 0.2) is 33.2 Å². The van der Waals surface area contributed by atoms with E-state index in [1.807, 2.05) is 12.1 Å². The van der Waals surface area contributed by atoms with E-state index < -0.39 is 0 Å². The molecule has 2 aromatic rings. The molecule has 1 heterocycles. The first-order valence-corrected chi connectivity index (χ1v) is 8.46. The van der Waals surface area contributed by atoms with Crippen molar-refractivity contribution < 1.29 is 14.6 Å². The second-order valence-corrected chi connectivity index (χ2v) is 7.05. The zero-order valence-electron chi connectivity index (χ0n) is 11.8. The fraction of sp³-hybridized carbons (Fsp3) is 0.0625. The monoisotopic (exact) mass is 457 g/mol. The van der Waals surface area contributed by atoms with Gasteiger partial charge in [-0.25, -0.2) is 0 Å². The Morgan fingerprint density at radius 1 is 1.26 bits per heavy atom. The molecule has 1 aliphatic rings. The summed E-state index contributed by atoms with van der Waals surface area (Å²) in [6.07, 6.45) is 1.70. The Hall–Kier alpha value is -1.50. The van der Waals surface area contributed by atoms with Crippen LogP contribution in [0.4, 0.5) is 5.69 Å². The van der Waals surface area contributed by atoms with Gasteiger partial charge in [-0.15, -0.1) is 0 Å². The average molecular weight is 460 g/mol. The molecule has 2 aromatic carbocycles. The summed E-state index contributed by atoms with van der Waals surface area (Å²) < 4.78 is 6.73. The summed E-state index contributed by atoms with van der Waals surface area (Å²) in [5, 5.41) is 12.8. The Morgan fingerprint density at radius 3 is 2.70 bits per heavy atom. The first-order chi connectivity index (χ1) is 10.9. The molecule has 3 rings (SSSR count). The number of benzene rings is 2. The average Bonchev–Trinajstić information content (AvgIpc) is 2.80. The zero-order chi connectivity index (χ0) is 16.7. The fourth-order valence-electron chi connectivity index (χ4n) is 2.36. The van der Waals surface area contributed by atoms with Gasteiger partial charge in [0.2, 0.25) is 0 Å². The number of phenols is 1. The maximum Gasteiger partial charge on any atom is 0.256 e. The van der Waals surface area contributed by atoms with Gasteiger partial charge in [-0.3, -0.25) is 4.79 Å². The van der Waals surface area contributed by atoms with E-state index in [9.17, 15) is 9.90 Å². The van der Waals surface area contributed by atoms with Gasteiger partial charge in [-0.1, -0.05) is 27.5 Å². The molecule has 0 unspecified atom stereocenters. The van der Waals surface area contributed by atoms with Gasteiger partial charge in [0.05, 0.1) is 17.8 Å². The third-order valence-corrected chi connectivity index (χ3v) is 4.78. The molecule has 0 spiro atoms. The minimum atomic E-state index is -0.207. The topological polar surface area (TPSA) is 58.6 Å². The number of carbonyl (C=O) groups excluding carboxylic acids is 1. The molecular formula is C16H10Br2ClNO3. The molecule has 0 atom stereocenters. The van der Waals surface area contributed by atoms with Crippen molar-refractivity contribution in [2.75, 3.05) is 12.4 Å². The molecule has 0 radical (unpaired) electrons. The van der Waals surface area contributed by atoms with Crippen molar-refractivity contribution in [3.05, 3.63) is 49.4 Å². The summed E-state index contributed by atoms with van der Waals surface area (Å²) >= 11 is 12.9. The highest BCUT2D eigenvalue weighted by atomic mass is 79.9. The smallest absolute Gasteiger partial charge is 0.256 e. The molecule has 23 heavy (non-hydrogen) atoms. The lowest BCUT2D eigenvalue weighted by Crippen LogP contribution is -2.03. The number of phenolic OH excluding ortho intramolecular Hbond substituents is 1. The molecule has 0 bridgehead atoms. The largest absolute Gasteiger partial charge is 0.503 e. The third-order valence-electron chi connectivity index (χ3n) is 3.41. The Bertz CT molecular complexity index is 865. The number of fused-ring (bicyclic) bond motifs is 1. The van der Waals surface area contributed by atoms with Gasteiger partial charge < -0.3 is 15.2 Å². The van der Waals surface area contributed by atoms with E-state index >= 15 is 0 Å². The summed E-state index contributed by atoms with van der Waals surface area (Å²) in [6, 6.07) is 6.92. The van der Waals surface area contributed by atoms with Crippen molar-refractivity contribution in [1.29, 1.82) is 0 Å². The van der Waals surface area contributed by atoms with Crippen LogP contribution in [0, 0.1) is 0 Å². The lowest BCUT2D eigenvalue weighted by Gasteiger charge is -2.07. The van der Waals surface area contributed by atoms with Gasteiger partial charge in [0.1, 0.15) is 0 Å². The maximum absolute atomic E-state index is 12.3. The summed E-state index contributed by atoms with van der Waals surface area (Å²) in [6.45, 7) is 0. The quantitative estimate of drug-likeness (QED) is 0.617. The minimum absolute atomic E-state index is 0.127. The molecule has 118 valence electrons. The van der Waals surface area contributed by atoms with Crippen molar-refractivity contribution in [3.63, 3.8) is 0 Å². The molecule has 0 aliphatic carbocycles. The molecule has 0 fully saturated rings. The van der Waals surface area contributed by atoms with Crippen LogP contribution in [0.5, 0.6) is 11.5 Å². The molecule has 1 amide bonds. The van der Waals surface area contributed by atoms with Crippen molar-refractivity contribution in [3.8, 4) is 11.5 Å². The fourth-order valence-corrected chi connectivity index (χ4v) is 3.90. The van der Waals surface area contributed by atoms with Crippen molar-refractivity contribution in [2.24, 2.45) is 0 Å². The van der Waals surface area contributed by atoms with E-state index in [1.54, 1.807) is 18.2 Å². The second kappa shape index (κ2) is 6.19. The van der Waals surface area contributed by atoms with Crippen LogP contribution < -0.4 is 10.1 Å². The van der Waals surface area contributed by atoms with Crippen LogP contribution in [0.25, 0.3) is 11.6 Å². The molecule has 4 nitrogen and oxygen atoms in total. The van der Waals surface area contributed by atoms with Gasteiger partial charge in [0.15, 0.2) is 11.5 Å². The van der Waals surface area contributed by atoms with Crippen LogP contribution in [0.1, 0.15) is 11.1 Å². The number of methoxy groups -OCH3 is 1. The molecule has 7 heteroatoms. The van der Waals surface area contributed by atoms with Crippen LogP contribution in [-0.4, -0.2) is 18.1 Å². The minimum Gasteiger partial charge on any atom is -0.503 e. The highest BCUT2D eigenvalue weighted by molar-refractivity contribution is 9.11. The van der Waals surface area contributed by atoms with Crippen LogP contribution in [0.3, 0.4) is 0 Å². The Balaban J connectivity index is 2.15. The number of halogens is 3. The highest BCUT2D eigenvalue weighted by Gasteiger charge is 2.26. The van der Waals surface area contributed by atoms with Crippen LogP contribution in [-0.2, 0) is 4.79 Å². The summed E-state index contributed by atoms with van der Waals surface area (Å²) in [5.74, 6) is -0.0848. The van der Waals surface area contributed by atoms with E-state index in [1.165, 1.54) is 7.11 Å². The Morgan fingerprint density at radius 2 is 2.00 bits per heavy atom. The molecule has 2 N–H and O–H groups in total. The molecule has 0 saturated heterocycles. The third kappa shape index (κ3) is 2.98. The van der Waals surface area contributed by atoms with E-state index in [2.05, 4.69) is 37.2 Å². The van der Waals surface area contributed by atoms with E-state index in [-0.39, 0.29) is 22.4 Å². The van der Waals surface area contributed by atoms with Crippen LogP contribution >= 0.6 is 43.5 Å². The van der Waals surface area contributed by atoms with Gasteiger partial charge in [-0.05, 0) is 51.8 Å². The second-order valence-electron chi connectivity index (χ2n) is 4.88. The van der Waals surface area contributed by atoms with Gasteiger partial charge in [-0.2, -0.15) is 0 Å². The van der Waals surface area contributed by atoms with E-state index in [4.69, 9.17) is 16.3 Å². The molecular weight excluding hydrogens is 449 g/mol. The summed E-state index contributed by atoms with van der Waals surface area (Å²) in [7, 11) is 1.44. The maximum atomic E-state index is 12.3. The number of carbonyl (C=O) groups is 1. The standard InChI is InChI=1S/C16H10Br2ClNO3/c1-23-13-4-7(3-12(19)15(13)21)2-10-9-5-8(17)6-11(18)14(9)20-16(10)22/h2-6,21H,1H3,(H,20,22)/b10-2-. The zero-order valence-corrected chi connectivity index (χ0v) is 15.7. The number of anilines is 1. The van der Waals surface area contributed by atoms with Gasteiger partial charge in [0, 0.05) is 20.1 Å². The first kappa shape index (κ1) is 16.4. The molecule has 0 saturated carbocycles. The predicted molar refractivity (Wildman–Crippen MR) is 98.0 cm³/mol. The van der Waals surface area contributed by atoms with Crippen molar-refractivity contribution in [1.82, 2.24) is 0 Å². The Labute approximate surface area is 154 Å². The van der Waals surface area contributed by atoms with Crippen molar-refractivity contribution in [2.45, 2.75) is 0 Å². The number of aromatic hydroxyl groups is 1. The summed E-state index contributed by atoms with van der Waals surface area (Å²) in [5.41, 5.74) is 2.66. The Kier molecular flexibility index (Phi) is 4.40. The number of rotatable bonds is 2. The normalized spacial score (nSPS) is 14.8. The van der Waals surface area contributed by atoms with Crippen molar-refractivity contribution >= 4 is 66.7 Å². The van der Waals surface area contributed by atoms with E-state index in [0.717, 1.165) is 20.2 Å². The molecule has 1 aliphatic heterocycles. The SMILES string of the molecule is COc1cc(/C=C2\C(=O)Nc3c(Br)cc(Br)cc32)cc(Cl)c1O. The van der Waals surface area contributed by atoms with Crippen LogP contribution in [0.2, 0.25) is 5.02 Å².